The van der Waals surface area contributed by atoms with Crippen LogP contribution in [0.15, 0.2) is 18.2 Å². The van der Waals surface area contributed by atoms with Gasteiger partial charge < -0.3 is 5.11 Å². The molecule has 0 bridgehead atoms. The van der Waals surface area contributed by atoms with E-state index in [0.717, 1.165) is 17.4 Å². The van der Waals surface area contributed by atoms with Gasteiger partial charge >= 0.3 is 12.4 Å². The Morgan fingerprint density at radius 1 is 1.16 bits per heavy atom. The fraction of sp³-hybridized carbons (Fsp3) is 0.500. The predicted molar refractivity (Wildman–Crippen MR) is 83.2 cm³/mol. The van der Waals surface area contributed by atoms with E-state index in [1.807, 2.05) is 22.6 Å². The van der Waals surface area contributed by atoms with E-state index in [-0.39, 0.29) is 5.56 Å². The number of rotatable bonds is 5. The molecule has 1 aromatic rings. The lowest BCUT2D eigenvalue weighted by molar-refractivity contribution is -0.307. The number of alkyl halides is 6. The first-order valence-corrected chi connectivity index (χ1v) is 8.99. The van der Waals surface area contributed by atoms with E-state index in [1.54, 1.807) is 0 Å². The van der Waals surface area contributed by atoms with E-state index in [4.69, 9.17) is 4.55 Å². The maximum atomic E-state index is 13.2. The van der Waals surface area contributed by atoms with Gasteiger partial charge in [-0.25, -0.2) is 0 Å². The Kier molecular flexibility index (Phi) is 6.42. The highest BCUT2D eigenvalue weighted by Crippen LogP contribution is 2.45. The molecular formula is C12H12F6INO4S. The zero-order chi connectivity index (χ0) is 19.8. The maximum absolute atomic E-state index is 13.2. The number of aliphatic hydroxyl groups is 1. The second-order valence-electron chi connectivity index (χ2n) is 5.18. The van der Waals surface area contributed by atoms with Crippen LogP contribution in [0, 0.1) is 10.5 Å². The number of hydrogen-bond donors (Lipinski definition) is 3. The van der Waals surface area contributed by atoms with Crippen LogP contribution in [0.4, 0.5) is 26.3 Å². The molecule has 25 heavy (non-hydrogen) atoms. The molecule has 0 radical (unpaired) electrons. The molecule has 1 unspecified atom stereocenters. The van der Waals surface area contributed by atoms with Crippen molar-refractivity contribution in [1.29, 1.82) is 0 Å². The molecule has 0 aliphatic rings. The summed E-state index contributed by atoms with van der Waals surface area (Å²) in [5.74, 6) is -2.74. The molecule has 144 valence electrons. The SMILES string of the molecule is Cc1cc(C(O)NC(CS(=O)(=O)O)(C(F)(F)F)C(F)(F)F)ccc1I. The minimum atomic E-state index is -6.18. The van der Waals surface area contributed by atoms with Crippen molar-refractivity contribution in [2.45, 2.75) is 31.0 Å². The number of aryl methyl sites for hydroxylation is 1. The van der Waals surface area contributed by atoms with Crippen LogP contribution in [-0.2, 0) is 10.1 Å². The summed E-state index contributed by atoms with van der Waals surface area (Å²) in [5.41, 5.74) is -4.94. The summed E-state index contributed by atoms with van der Waals surface area (Å²) in [6.45, 7) is 1.51. The lowest BCUT2D eigenvalue weighted by atomic mass is 9.99. The van der Waals surface area contributed by atoms with Gasteiger partial charge in [0.05, 0.1) is 0 Å². The van der Waals surface area contributed by atoms with Crippen molar-refractivity contribution in [3.8, 4) is 0 Å². The zero-order valence-corrected chi connectivity index (χ0v) is 15.3. The quantitative estimate of drug-likeness (QED) is 0.247. The largest absolute Gasteiger partial charge is 0.416 e. The van der Waals surface area contributed by atoms with Gasteiger partial charge in [0.2, 0.25) is 5.54 Å². The molecule has 13 heteroatoms. The molecule has 3 N–H and O–H groups in total. The molecule has 1 aromatic carbocycles. The van der Waals surface area contributed by atoms with Gasteiger partial charge in [-0.1, -0.05) is 12.1 Å². The summed E-state index contributed by atoms with van der Waals surface area (Å²) < 4.78 is 110. The van der Waals surface area contributed by atoms with Crippen LogP contribution in [0.3, 0.4) is 0 Å². The standard InChI is InChI=1S/C12H12F6INO4S/c1-6-4-7(2-3-8(6)19)9(21)20-10(11(13,14)15,12(16,17)18)5-25(22,23)24/h2-4,9,20-21H,5H2,1H3,(H,22,23,24). The van der Waals surface area contributed by atoms with Gasteiger partial charge in [0, 0.05) is 3.57 Å². The van der Waals surface area contributed by atoms with Crippen LogP contribution >= 0.6 is 22.6 Å². The number of aliphatic hydroxyl groups excluding tert-OH is 1. The summed E-state index contributed by atoms with van der Waals surface area (Å²) >= 11 is 1.86. The minimum absolute atomic E-state index is 0.342. The first-order valence-electron chi connectivity index (χ1n) is 6.30. The Labute approximate surface area is 152 Å². The molecule has 0 fully saturated rings. The van der Waals surface area contributed by atoms with Crippen molar-refractivity contribution in [1.82, 2.24) is 5.32 Å². The zero-order valence-electron chi connectivity index (χ0n) is 12.3. The third-order valence-electron chi connectivity index (χ3n) is 3.25. The highest BCUT2D eigenvalue weighted by Gasteiger charge is 2.73. The molecule has 1 rings (SSSR count). The predicted octanol–water partition coefficient (Wildman–Crippen LogP) is 2.93. The van der Waals surface area contributed by atoms with Gasteiger partial charge in [-0.05, 0) is 46.7 Å². The van der Waals surface area contributed by atoms with E-state index in [0.29, 0.717) is 9.13 Å². The van der Waals surface area contributed by atoms with Gasteiger partial charge in [0.15, 0.2) is 0 Å². The summed E-state index contributed by atoms with van der Waals surface area (Å²) in [6, 6.07) is 3.57. The summed E-state index contributed by atoms with van der Waals surface area (Å²) in [7, 11) is -5.71. The fourth-order valence-electron chi connectivity index (χ4n) is 1.96. The molecule has 0 aliphatic carbocycles. The Balaban J connectivity index is 3.44. The third-order valence-corrected chi connectivity index (χ3v) is 5.26. The molecular weight excluding hydrogens is 495 g/mol. The van der Waals surface area contributed by atoms with Crippen LogP contribution in [0.2, 0.25) is 0 Å². The minimum Gasteiger partial charge on any atom is -0.374 e. The Bertz CT molecular complexity index is 720. The lowest BCUT2D eigenvalue weighted by Crippen LogP contribution is -2.70. The van der Waals surface area contributed by atoms with Gasteiger partial charge in [0.1, 0.15) is 12.0 Å². The van der Waals surface area contributed by atoms with Crippen molar-refractivity contribution >= 4 is 32.7 Å². The van der Waals surface area contributed by atoms with Crippen LogP contribution < -0.4 is 5.32 Å². The molecule has 0 heterocycles. The monoisotopic (exact) mass is 507 g/mol. The number of nitrogens with one attached hydrogen (secondary N) is 1. The number of benzene rings is 1. The molecule has 0 saturated heterocycles. The Morgan fingerprint density at radius 2 is 1.64 bits per heavy atom. The average molecular weight is 507 g/mol. The maximum Gasteiger partial charge on any atom is 0.416 e. The molecule has 0 aliphatic heterocycles. The highest BCUT2D eigenvalue weighted by atomic mass is 127. The first-order chi connectivity index (χ1) is 11.0. The second-order valence-corrected chi connectivity index (χ2v) is 7.80. The Morgan fingerprint density at radius 3 is 2.00 bits per heavy atom. The van der Waals surface area contributed by atoms with Gasteiger partial charge in [-0.15, -0.1) is 0 Å². The first kappa shape index (κ1) is 22.4. The van der Waals surface area contributed by atoms with Gasteiger partial charge in [-0.2, -0.15) is 34.8 Å². The molecule has 0 aromatic heterocycles. The molecule has 0 saturated carbocycles. The Hall–Kier alpha value is -0.640. The molecule has 0 spiro atoms. The van der Waals surface area contributed by atoms with E-state index in [1.165, 1.54) is 13.0 Å². The van der Waals surface area contributed by atoms with E-state index < -0.39 is 40.0 Å². The van der Waals surface area contributed by atoms with Crippen molar-refractivity contribution in [2.75, 3.05) is 5.75 Å². The normalized spacial score (nSPS) is 15.3. The summed E-state index contributed by atoms with van der Waals surface area (Å²) in [5, 5.41) is 10.7. The number of hydrogen-bond acceptors (Lipinski definition) is 4. The lowest BCUT2D eigenvalue weighted by Gasteiger charge is -2.38. The highest BCUT2D eigenvalue weighted by molar-refractivity contribution is 14.1. The van der Waals surface area contributed by atoms with Crippen molar-refractivity contribution in [3.05, 3.63) is 32.9 Å². The van der Waals surface area contributed by atoms with Gasteiger partial charge in [0.25, 0.3) is 10.1 Å². The molecule has 5 nitrogen and oxygen atoms in total. The van der Waals surface area contributed by atoms with Crippen molar-refractivity contribution < 1.29 is 44.4 Å². The third kappa shape index (κ3) is 5.18. The summed E-state index contributed by atoms with van der Waals surface area (Å²) in [4.78, 5) is 0. The summed E-state index contributed by atoms with van der Waals surface area (Å²) in [6.07, 6.45) is -14.9. The topological polar surface area (TPSA) is 86.6 Å². The number of halogens is 7. The van der Waals surface area contributed by atoms with Crippen LogP contribution in [0.25, 0.3) is 0 Å². The van der Waals surface area contributed by atoms with Crippen LogP contribution in [0.1, 0.15) is 17.4 Å². The van der Waals surface area contributed by atoms with Crippen LogP contribution in [0.5, 0.6) is 0 Å². The van der Waals surface area contributed by atoms with E-state index in [2.05, 4.69) is 0 Å². The average Bonchev–Trinajstić information content (AvgIpc) is 2.36. The van der Waals surface area contributed by atoms with Crippen molar-refractivity contribution in [2.24, 2.45) is 0 Å². The smallest absolute Gasteiger partial charge is 0.374 e. The van der Waals surface area contributed by atoms with Crippen molar-refractivity contribution in [3.63, 3.8) is 0 Å². The molecule has 0 amide bonds. The van der Waals surface area contributed by atoms with E-state index in [9.17, 15) is 39.9 Å². The molecule has 1 atom stereocenters. The van der Waals surface area contributed by atoms with Crippen LogP contribution in [-0.4, -0.2) is 41.7 Å². The van der Waals surface area contributed by atoms with Gasteiger partial charge in [-0.3, -0.25) is 9.87 Å². The fourth-order valence-corrected chi connectivity index (χ4v) is 3.25. The van der Waals surface area contributed by atoms with E-state index >= 15 is 0 Å². The second kappa shape index (κ2) is 7.17.